The van der Waals surface area contributed by atoms with Crippen molar-refractivity contribution >= 4 is 17.0 Å². The second kappa shape index (κ2) is 7.91. The number of benzene rings is 2. The van der Waals surface area contributed by atoms with Gasteiger partial charge in [0, 0.05) is 30.4 Å². The molecule has 2 heterocycles. The summed E-state index contributed by atoms with van der Waals surface area (Å²) < 4.78 is 12.8. The minimum Gasteiger partial charge on any atom is -0.497 e. The molecule has 142 valence electrons. The van der Waals surface area contributed by atoms with E-state index in [2.05, 4.69) is 20.6 Å². The van der Waals surface area contributed by atoms with Crippen molar-refractivity contribution < 1.29 is 13.9 Å². The summed E-state index contributed by atoms with van der Waals surface area (Å²) in [6.45, 7) is 1.24. The number of nitrogens with zero attached hydrogens (tertiary/aromatic N) is 4. The van der Waals surface area contributed by atoms with Crippen LogP contribution in [-0.2, 0) is 6.54 Å². The minimum atomic E-state index is -0.153. The lowest BCUT2D eigenvalue weighted by Gasteiger charge is -2.05. The number of amides is 1. The number of hydrogen-bond acceptors (Lipinski definition) is 6. The number of rotatable bonds is 7. The molecule has 0 unspecified atom stereocenters. The smallest absolute Gasteiger partial charge is 0.251 e. The number of methoxy groups -OCH3 is 1. The predicted octanol–water partition coefficient (Wildman–Crippen LogP) is 2.92. The number of hydrogen-bond donors (Lipinski definition) is 1. The quantitative estimate of drug-likeness (QED) is 0.498. The third kappa shape index (κ3) is 3.85. The Morgan fingerprint density at radius 3 is 3.00 bits per heavy atom. The number of oxazole rings is 1. The fraction of sp³-hybridized carbons (Fsp3) is 0.200. The zero-order valence-corrected chi connectivity index (χ0v) is 15.3. The number of aromatic nitrogens is 4. The van der Waals surface area contributed by atoms with Crippen molar-refractivity contribution in [2.24, 2.45) is 0 Å². The molecular formula is C20H19N5O3. The van der Waals surface area contributed by atoms with E-state index >= 15 is 0 Å². The lowest BCUT2D eigenvalue weighted by molar-refractivity contribution is 0.0952. The first kappa shape index (κ1) is 17.7. The number of ether oxygens (including phenoxy) is 1. The van der Waals surface area contributed by atoms with Crippen molar-refractivity contribution in [2.45, 2.75) is 13.0 Å². The van der Waals surface area contributed by atoms with Gasteiger partial charge >= 0.3 is 0 Å². The SMILES string of the molecule is COc1cccc(-c2nc3ccc(C(=O)NCCCn4ccnn4)cc3o2)c1. The molecule has 0 aliphatic heterocycles. The zero-order valence-electron chi connectivity index (χ0n) is 15.3. The molecule has 0 saturated heterocycles. The van der Waals surface area contributed by atoms with Crippen LogP contribution in [0.5, 0.6) is 5.75 Å². The summed E-state index contributed by atoms with van der Waals surface area (Å²) in [5.41, 5.74) is 2.60. The first-order valence-corrected chi connectivity index (χ1v) is 8.90. The van der Waals surface area contributed by atoms with Crippen LogP contribution in [0.3, 0.4) is 0 Å². The van der Waals surface area contributed by atoms with Crippen molar-refractivity contribution in [3.05, 3.63) is 60.4 Å². The fourth-order valence-corrected chi connectivity index (χ4v) is 2.84. The molecule has 1 N–H and O–H groups in total. The van der Waals surface area contributed by atoms with E-state index in [0.717, 1.165) is 17.7 Å². The standard InChI is InChI=1S/C20H19N5O3/c1-27-16-5-2-4-15(12-16)20-23-17-7-6-14(13-18(17)28-20)19(26)21-8-3-10-25-11-9-22-24-25/h2,4-7,9,11-13H,3,8,10H2,1H3,(H,21,26). The molecule has 8 heteroatoms. The molecule has 4 rings (SSSR count). The summed E-state index contributed by atoms with van der Waals surface area (Å²) in [5, 5.41) is 10.5. The molecule has 0 saturated carbocycles. The molecule has 28 heavy (non-hydrogen) atoms. The molecule has 2 aromatic heterocycles. The first-order valence-electron chi connectivity index (χ1n) is 8.90. The Hall–Kier alpha value is -3.68. The van der Waals surface area contributed by atoms with E-state index in [0.29, 0.717) is 35.6 Å². The van der Waals surface area contributed by atoms with Gasteiger partial charge in [0.2, 0.25) is 5.89 Å². The highest BCUT2D eigenvalue weighted by atomic mass is 16.5. The van der Waals surface area contributed by atoms with Crippen LogP contribution in [-0.4, -0.2) is 39.5 Å². The Bertz CT molecular complexity index is 1090. The lowest BCUT2D eigenvalue weighted by Crippen LogP contribution is -2.25. The summed E-state index contributed by atoms with van der Waals surface area (Å²) >= 11 is 0. The molecule has 0 aliphatic carbocycles. The van der Waals surface area contributed by atoms with E-state index < -0.39 is 0 Å². The normalized spacial score (nSPS) is 10.9. The summed E-state index contributed by atoms with van der Waals surface area (Å²) in [4.78, 5) is 16.9. The van der Waals surface area contributed by atoms with Gasteiger partial charge in [0.05, 0.1) is 13.3 Å². The van der Waals surface area contributed by atoms with Gasteiger partial charge in [0.25, 0.3) is 5.91 Å². The van der Waals surface area contributed by atoms with Crippen molar-refractivity contribution in [1.29, 1.82) is 0 Å². The van der Waals surface area contributed by atoms with Gasteiger partial charge in [-0.25, -0.2) is 4.98 Å². The summed E-state index contributed by atoms with van der Waals surface area (Å²) in [6, 6.07) is 12.7. The Morgan fingerprint density at radius 1 is 1.25 bits per heavy atom. The van der Waals surface area contributed by atoms with Crippen molar-refractivity contribution in [1.82, 2.24) is 25.3 Å². The van der Waals surface area contributed by atoms with Crippen molar-refractivity contribution in [3.8, 4) is 17.2 Å². The molecule has 0 bridgehead atoms. The van der Waals surface area contributed by atoms with E-state index in [1.54, 1.807) is 42.4 Å². The first-order chi connectivity index (χ1) is 13.7. The third-order valence-corrected chi connectivity index (χ3v) is 4.29. The van der Waals surface area contributed by atoms with Gasteiger partial charge in [0.1, 0.15) is 11.3 Å². The van der Waals surface area contributed by atoms with Crippen molar-refractivity contribution in [2.75, 3.05) is 13.7 Å². The van der Waals surface area contributed by atoms with Crippen molar-refractivity contribution in [3.63, 3.8) is 0 Å². The average Bonchev–Trinajstić information content (AvgIpc) is 3.40. The molecule has 2 aromatic carbocycles. The van der Waals surface area contributed by atoms with Gasteiger partial charge in [-0.2, -0.15) is 0 Å². The molecule has 0 radical (unpaired) electrons. The van der Waals surface area contributed by atoms with Gasteiger partial charge in [-0.3, -0.25) is 9.48 Å². The highest BCUT2D eigenvalue weighted by Gasteiger charge is 2.12. The Kier molecular flexibility index (Phi) is 5.01. The van der Waals surface area contributed by atoms with E-state index in [1.807, 2.05) is 24.3 Å². The zero-order chi connectivity index (χ0) is 19.3. The van der Waals surface area contributed by atoms with Crippen LogP contribution in [0.1, 0.15) is 16.8 Å². The summed E-state index contributed by atoms with van der Waals surface area (Å²) in [7, 11) is 1.61. The second-order valence-corrected chi connectivity index (χ2v) is 6.21. The Balaban J connectivity index is 1.44. The molecule has 0 fully saturated rings. The van der Waals surface area contributed by atoms with Gasteiger partial charge in [-0.1, -0.05) is 11.3 Å². The van der Waals surface area contributed by atoms with Crippen LogP contribution < -0.4 is 10.1 Å². The maximum absolute atomic E-state index is 12.4. The molecule has 8 nitrogen and oxygen atoms in total. The Labute approximate surface area is 161 Å². The number of aryl methyl sites for hydroxylation is 1. The van der Waals surface area contributed by atoms with Gasteiger partial charge < -0.3 is 14.5 Å². The van der Waals surface area contributed by atoms with Gasteiger partial charge in [0.15, 0.2) is 5.58 Å². The maximum Gasteiger partial charge on any atom is 0.251 e. The van der Waals surface area contributed by atoms with Crippen LogP contribution in [0.4, 0.5) is 0 Å². The lowest BCUT2D eigenvalue weighted by atomic mass is 10.2. The minimum absolute atomic E-state index is 0.153. The third-order valence-electron chi connectivity index (χ3n) is 4.29. The van der Waals surface area contributed by atoms with Gasteiger partial charge in [-0.05, 0) is 42.8 Å². The largest absolute Gasteiger partial charge is 0.497 e. The maximum atomic E-state index is 12.4. The number of nitrogens with one attached hydrogen (secondary N) is 1. The highest BCUT2D eigenvalue weighted by molar-refractivity contribution is 5.97. The van der Waals surface area contributed by atoms with Crippen LogP contribution in [0.2, 0.25) is 0 Å². The molecule has 4 aromatic rings. The number of fused-ring (bicyclic) bond motifs is 1. The summed E-state index contributed by atoms with van der Waals surface area (Å²) in [6.07, 6.45) is 4.18. The fourth-order valence-electron chi connectivity index (χ4n) is 2.84. The molecule has 1 amide bonds. The van der Waals surface area contributed by atoms with Gasteiger partial charge in [-0.15, -0.1) is 5.10 Å². The van der Waals surface area contributed by atoms with E-state index in [1.165, 1.54) is 0 Å². The monoisotopic (exact) mass is 377 g/mol. The predicted molar refractivity (Wildman–Crippen MR) is 103 cm³/mol. The van der Waals surface area contributed by atoms with Crippen LogP contribution in [0.15, 0.2) is 59.3 Å². The van der Waals surface area contributed by atoms with Crippen LogP contribution in [0, 0.1) is 0 Å². The Morgan fingerprint density at radius 2 is 2.18 bits per heavy atom. The van der Waals surface area contributed by atoms with Crippen LogP contribution in [0.25, 0.3) is 22.6 Å². The topological polar surface area (TPSA) is 95.1 Å². The van der Waals surface area contributed by atoms with Crippen LogP contribution >= 0.6 is 0 Å². The number of carbonyl (C=O) groups excluding carboxylic acids is 1. The second-order valence-electron chi connectivity index (χ2n) is 6.21. The van der Waals surface area contributed by atoms with E-state index in [9.17, 15) is 4.79 Å². The molecular weight excluding hydrogens is 358 g/mol. The molecule has 0 spiro atoms. The van der Waals surface area contributed by atoms with E-state index in [4.69, 9.17) is 9.15 Å². The summed E-state index contributed by atoms with van der Waals surface area (Å²) in [5.74, 6) is 1.06. The number of carbonyl (C=O) groups is 1. The highest BCUT2D eigenvalue weighted by Crippen LogP contribution is 2.27. The molecule has 0 aliphatic rings. The average molecular weight is 377 g/mol. The molecule has 0 atom stereocenters. The van der Waals surface area contributed by atoms with E-state index in [-0.39, 0.29) is 5.91 Å².